The van der Waals surface area contributed by atoms with Gasteiger partial charge < -0.3 is 0 Å². The standard InChI is InChI=1S/C18H11F3N2O2/c19-14-8-6-13(7-9-14)16(24)17(25)15(12-4-2-1-3-5-12)18-22(20)10-11-23(18)21/h1-11H. The Hall–Kier alpha value is -3.35. The van der Waals surface area contributed by atoms with E-state index in [2.05, 4.69) is 0 Å². The van der Waals surface area contributed by atoms with Gasteiger partial charge >= 0.3 is 0 Å². The third-order valence-corrected chi connectivity index (χ3v) is 3.56. The van der Waals surface area contributed by atoms with Crippen LogP contribution in [-0.2, 0) is 4.79 Å². The molecule has 126 valence electrons. The van der Waals surface area contributed by atoms with Gasteiger partial charge in [-0.1, -0.05) is 39.3 Å². The smallest absolute Gasteiger partial charge is 0.237 e. The third-order valence-electron chi connectivity index (χ3n) is 3.56. The summed E-state index contributed by atoms with van der Waals surface area (Å²) < 4.78 is 40.9. The van der Waals surface area contributed by atoms with E-state index in [1.54, 1.807) is 18.2 Å². The molecule has 0 saturated heterocycles. The minimum atomic E-state index is -1.11. The van der Waals surface area contributed by atoms with Crippen molar-refractivity contribution in [1.29, 1.82) is 0 Å². The molecule has 2 aromatic rings. The molecule has 25 heavy (non-hydrogen) atoms. The monoisotopic (exact) mass is 344 g/mol. The molecule has 0 unspecified atom stereocenters. The molecule has 0 bridgehead atoms. The van der Waals surface area contributed by atoms with E-state index in [1.165, 1.54) is 12.1 Å². The van der Waals surface area contributed by atoms with Crippen molar-refractivity contribution in [3.8, 4) is 0 Å². The molecule has 1 heterocycles. The summed E-state index contributed by atoms with van der Waals surface area (Å²) in [5, 5.41) is -0.170. The lowest BCUT2D eigenvalue weighted by Crippen LogP contribution is -2.22. The number of halogens is 3. The Morgan fingerprint density at radius 1 is 0.760 bits per heavy atom. The second-order valence-corrected chi connectivity index (χ2v) is 5.15. The lowest BCUT2D eigenvalue weighted by Gasteiger charge is -2.16. The maximum absolute atomic E-state index is 13.9. The summed E-state index contributed by atoms with van der Waals surface area (Å²) in [6.45, 7) is 0. The Bertz CT molecular complexity index is 863. The van der Waals surface area contributed by atoms with Gasteiger partial charge in [-0.15, -0.1) is 0 Å². The van der Waals surface area contributed by atoms with Crippen molar-refractivity contribution in [2.24, 2.45) is 0 Å². The predicted octanol–water partition coefficient (Wildman–Crippen LogP) is 3.80. The first kappa shape index (κ1) is 16.5. The summed E-state index contributed by atoms with van der Waals surface area (Å²) in [5.41, 5.74) is -0.348. The molecule has 4 nitrogen and oxygen atoms in total. The maximum atomic E-state index is 13.9. The Balaban J connectivity index is 2.09. The highest BCUT2D eigenvalue weighted by atomic mass is 19.2. The van der Waals surface area contributed by atoms with E-state index in [0.717, 1.165) is 36.7 Å². The highest BCUT2D eigenvalue weighted by Gasteiger charge is 2.32. The Morgan fingerprint density at radius 3 is 1.88 bits per heavy atom. The van der Waals surface area contributed by atoms with Crippen molar-refractivity contribution in [1.82, 2.24) is 10.2 Å². The summed E-state index contributed by atoms with van der Waals surface area (Å²) in [6.07, 6.45) is 1.54. The minimum absolute atomic E-state index is 0.0813. The second-order valence-electron chi connectivity index (χ2n) is 5.15. The van der Waals surface area contributed by atoms with Crippen LogP contribution in [0, 0.1) is 5.82 Å². The number of rotatable bonds is 4. The van der Waals surface area contributed by atoms with Gasteiger partial charge in [0, 0.05) is 5.56 Å². The molecule has 0 aromatic heterocycles. The minimum Gasteiger partial charge on any atom is -0.285 e. The summed E-state index contributed by atoms with van der Waals surface area (Å²) in [4.78, 5) is 25.1. The van der Waals surface area contributed by atoms with Gasteiger partial charge in [-0.05, 0) is 29.8 Å². The van der Waals surface area contributed by atoms with E-state index in [-0.39, 0.29) is 21.4 Å². The molecule has 0 N–H and O–H groups in total. The van der Waals surface area contributed by atoms with Crippen LogP contribution < -0.4 is 0 Å². The number of hydrogen-bond acceptors (Lipinski definition) is 4. The Labute approximate surface area is 141 Å². The van der Waals surface area contributed by atoms with Gasteiger partial charge in [0.15, 0.2) is 5.82 Å². The lowest BCUT2D eigenvalue weighted by molar-refractivity contribution is -0.110. The van der Waals surface area contributed by atoms with E-state index < -0.39 is 28.8 Å². The molecule has 2 aromatic carbocycles. The Morgan fingerprint density at radius 2 is 1.32 bits per heavy atom. The predicted molar refractivity (Wildman–Crippen MR) is 84.1 cm³/mol. The normalized spacial score (nSPS) is 13.3. The Kier molecular flexibility index (Phi) is 4.38. The van der Waals surface area contributed by atoms with E-state index in [9.17, 15) is 22.9 Å². The first-order chi connectivity index (χ1) is 12.0. The van der Waals surface area contributed by atoms with Crippen LogP contribution in [0.15, 0.2) is 72.8 Å². The molecule has 3 rings (SSSR count). The van der Waals surface area contributed by atoms with Crippen LogP contribution in [0.5, 0.6) is 0 Å². The summed E-state index contributed by atoms with van der Waals surface area (Å²) >= 11 is 0. The quantitative estimate of drug-likeness (QED) is 0.366. The first-order valence-corrected chi connectivity index (χ1v) is 7.21. The zero-order chi connectivity index (χ0) is 18.0. The summed E-state index contributed by atoms with van der Waals surface area (Å²) in [5.74, 6) is -3.40. The van der Waals surface area contributed by atoms with Crippen LogP contribution in [0.4, 0.5) is 13.4 Å². The molecule has 7 heteroatoms. The van der Waals surface area contributed by atoms with Crippen LogP contribution in [0.1, 0.15) is 15.9 Å². The molecule has 0 spiro atoms. The fourth-order valence-corrected chi connectivity index (χ4v) is 2.38. The summed E-state index contributed by atoms with van der Waals surface area (Å²) in [6, 6.07) is 12.0. The molecule has 0 atom stereocenters. The topological polar surface area (TPSA) is 40.6 Å². The van der Waals surface area contributed by atoms with Gasteiger partial charge in [0.25, 0.3) is 0 Å². The van der Waals surface area contributed by atoms with E-state index in [0.29, 0.717) is 0 Å². The third kappa shape index (κ3) is 3.16. The maximum Gasteiger partial charge on any atom is 0.237 e. The number of nitrogens with zero attached hydrogens (tertiary/aromatic N) is 2. The van der Waals surface area contributed by atoms with Crippen LogP contribution in [-0.4, -0.2) is 21.8 Å². The van der Waals surface area contributed by atoms with Crippen LogP contribution in [0.2, 0.25) is 0 Å². The van der Waals surface area contributed by atoms with Crippen molar-refractivity contribution >= 4 is 17.1 Å². The molecule has 0 radical (unpaired) electrons. The highest BCUT2D eigenvalue weighted by Crippen LogP contribution is 2.31. The number of Topliss-reactive ketones (excluding diaryl/α,β-unsaturated/α-hetero) is 2. The molecular weight excluding hydrogens is 333 g/mol. The zero-order valence-corrected chi connectivity index (χ0v) is 12.7. The lowest BCUT2D eigenvalue weighted by atomic mass is 9.95. The SMILES string of the molecule is O=C(C(=O)c1ccc(F)cc1)C(=C1N(F)C=CN1F)c1ccccc1. The number of carbonyl (C=O) groups is 2. The van der Waals surface area contributed by atoms with Crippen molar-refractivity contribution < 1.29 is 22.9 Å². The second kappa shape index (κ2) is 6.64. The van der Waals surface area contributed by atoms with Gasteiger partial charge in [0.05, 0.1) is 18.0 Å². The van der Waals surface area contributed by atoms with Gasteiger partial charge in [-0.2, -0.15) is 10.2 Å². The van der Waals surface area contributed by atoms with Gasteiger partial charge in [0.2, 0.25) is 11.6 Å². The number of ketones is 2. The van der Waals surface area contributed by atoms with Crippen molar-refractivity contribution in [3.05, 3.63) is 89.8 Å². The molecule has 0 saturated carbocycles. The largest absolute Gasteiger partial charge is 0.285 e. The molecular formula is C18H11F3N2O2. The average molecular weight is 344 g/mol. The highest BCUT2D eigenvalue weighted by molar-refractivity contribution is 6.58. The molecule has 0 fully saturated rings. The van der Waals surface area contributed by atoms with Crippen LogP contribution in [0.3, 0.4) is 0 Å². The van der Waals surface area contributed by atoms with E-state index in [1.807, 2.05) is 0 Å². The average Bonchev–Trinajstić information content (AvgIpc) is 2.95. The van der Waals surface area contributed by atoms with Crippen molar-refractivity contribution in [2.75, 3.05) is 0 Å². The zero-order valence-electron chi connectivity index (χ0n) is 12.7. The first-order valence-electron chi connectivity index (χ1n) is 7.21. The molecule has 1 aliphatic rings. The fourth-order valence-electron chi connectivity index (χ4n) is 2.38. The van der Waals surface area contributed by atoms with Crippen molar-refractivity contribution in [2.45, 2.75) is 0 Å². The van der Waals surface area contributed by atoms with Gasteiger partial charge in [0.1, 0.15) is 5.82 Å². The number of carbonyl (C=O) groups excluding carboxylic acids is 2. The van der Waals surface area contributed by atoms with Gasteiger partial charge in [-0.3, -0.25) is 9.59 Å². The number of hydrogen-bond donors (Lipinski definition) is 0. The molecule has 0 amide bonds. The van der Waals surface area contributed by atoms with Crippen LogP contribution in [0.25, 0.3) is 5.57 Å². The fraction of sp³-hybridized carbons (Fsp3) is 0. The van der Waals surface area contributed by atoms with E-state index in [4.69, 9.17) is 0 Å². The van der Waals surface area contributed by atoms with Crippen molar-refractivity contribution in [3.63, 3.8) is 0 Å². The molecule has 1 aliphatic heterocycles. The number of benzene rings is 2. The molecule has 0 aliphatic carbocycles. The van der Waals surface area contributed by atoms with E-state index >= 15 is 0 Å². The van der Waals surface area contributed by atoms with Gasteiger partial charge in [-0.25, -0.2) is 4.39 Å². The summed E-state index contributed by atoms with van der Waals surface area (Å²) in [7, 11) is 0. The number of allylic oxidation sites excluding steroid dienone is 1. The van der Waals surface area contributed by atoms with Crippen LogP contribution >= 0.6 is 0 Å².